The second kappa shape index (κ2) is 4.72. The monoisotopic (exact) mass is 253 g/mol. The van der Waals surface area contributed by atoms with Gasteiger partial charge in [0.2, 0.25) is 0 Å². The molecule has 1 heterocycles. The van der Waals surface area contributed by atoms with Crippen LogP contribution in [0.25, 0.3) is 0 Å². The molecule has 0 aliphatic heterocycles. The van der Waals surface area contributed by atoms with Gasteiger partial charge in [-0.05, 0) is 26.3 Å². The average Bonchev–Trinajstić information content (AvgIpc) is 2.27. The molecule has 1 aromatic rings. The molecule has 17 heavy (non-hydrogen) atoms. The SMILES string of the molecule is CC(C)(C#N)CCS(=O)(=O)c1ccncc1N. The first kappa shape index (κ1) is 13.5. The Morgan fingerprint density at radius 1 is 1.53 bits per heavy atom. The molecule has 0 saturated heterocycles. The molecular formula is C11H15N3O2S. The van der Waals surface area contributed by atoms with E-state index in [1.54, 1.807) is 13.8 Å². The highest BCUT2D eigenvalue weighted by molar-refractivity contribution is 7.91. The van der Waals surface area contributed by atoms with Crippen molar-refractivity contribution in [1.82, 2.24) is 4.98 Å². The minimum Gasteiger partial charge on any atom is -0.396 e. The van der Waals surface area contributed by atoms with Gasteiger partial charge in [-0.25, -0.2) is 8.42 Å². The molecule has 0 radical (unpaired) electrons. The van der Waals surface area contributed by atoms with Crippen LogP contribution in [0.15, 0.2) is 23.4 Å². The van der Waals surface area contributed by atoms with Crippen LogP contribution >= 0.6 is 0 Å². The van der Waals surface area contributed by atoms with Crippen molar-refractivity contribution in [3.63, 3.8) is 0 Å². The van der Waals surface area contributed by atoms with Crippen LogP contribution in [0.4, 0.5) is 5.69 Å². The van der Waals surface area contributed by atoms with Gasteiger partial charge in [-0.2, -0.15) is 5.26 Å². The molecule has 5 nitrogen and oxygen atoms in total. The number of rotatable bonds is 4. The first-order valence-electron chi connectivity index (χ1n) is 5.12. The summed E-state index contributed by atoms with van der Waals surface area (Å²) in [5.41, 5.74) is 5.05. The van der Waals surface area contributed by atoms with Crippen molar-refractivity contribution in [2.45, 2.75) is 25.2 Å². The van der Waals surface area contributed by atoms with Gasteiger partial charge in [0.05, 0.1) is 34.0 Å². The maximum atomic E-state index is 12.0. The van der Waals surface area contributed by atoms with E-state index < -0.39 is 15.3 Å². The number of nitrogen functional groups attached to an aromatic ring is 1. The number of aromatic nitrogens is 1. The predicted octanol–water partition coefficient (Wildman–Crippen LogP) is 1.38. The van der Waals surface area contributed by atoms with E-state index in [1.807, 2.05) is 0 Å². The number of pyridine rings is 1. The van der Waals surface area contributed by atoms with E-state index in [-0.39, 0.29) is 22.8 Å². The van der Waals surface area contributed by atoms with E-state index in [2.05, 4.69) is 11.1 Å². The molecule has 92 valence electrons. The fraction of sp³-hybridized carbons (Fsp3) is 0.455. The highest BCUT2D eigenvalue weighted by Crippen LogP contribution is 2.24. The van der Waals surface area contributed by atoms with Crippen LogP contribution in [-0.4, -0.2) is 19.2 Å². The van der Waals surface area contributed by atoms with Gasteiger partial charge in [-0.1, -0.05) is 0 Å². The third kappa shape index (κ3) is 3.43. The lowest BCUT2D eigenvalue weighted by Crippen LogP contribution is -2.17. The van der Waals surface area contributed by atoms with Crippen LogP contribution in [0.2, 0.25) is 0 Å². The maximum Gasteiger partial charge on any atom is 0.180 e. The van der Waals surface area contributed by atoms with E-state index in [1.165, 1.54) is 18.5 Å². The number of hydrogen-bond donors (Lipinski definition) is 1. The van der Waals surface area contributed by atoms with E-state index in [9.17, 15) is 8.42 Å². The molecule has 0 unspecified atom stereocenters. The van der Waals surface area contributed by atoms with Crippen molar-refractivity contribution in [2.75, 3.05) is 11.5 Å². The van der Waals surface area contributed by atoms with Crippen molar-refractivity contribution < 1.29 is 8.42 Å². The Bertz CT molecular complexity index is 544. The van der Waals surface area contributed by atoms with Gasteiger partial charge in [-0.15, -0.1) is 0 Å². The zero-order valence-corrected chi connectivity index (χ0v) is 10.7. The Balaban J connectivity index is 2.92. The Hall–Kier alpha value is -1.61. The third-order valence-electron chi connectivity index (χ3n) is 2.44. The molecule has 0 aliphatic carbocycles. The minimum atomic E-state index is -3.45. The highest BCUT2D eigenvalue weighted by atomic mass is 32.2. The van der Waals surface area contributed by atoms with Crippen LogP contribution < -0.4 is 5.73 Å². The number of anilines is 1. The fourth-order valence-corrected chi connectivity index (χ4v) is 2.91. The Morgan fingerprint density at radius 3 is 2.71 bits per heavy atom. The van der Waals surface area contributed by atoms with Crippen LogP contribution in [-0.2, 0) is 9.84 Å². The summed E-state index contributed by atoms with van der Waals surface area (Å²) in [4.78, 5) is 3.83. The summed E-state index contributed by atoms with van der Waals surface area (Å²) in [5, 5.41) is 8.84. The molecule has 0 amide bonds. The first-order chi connectivity index (χ1) is 7.78. The number of sulfone groups is 1. The normalized spacial score (nSPS) is 12.1. The second-order valence-electron chi connectivity index (χ2n) is 4.48. The van der Waals surface area contributed by atoms with E-state index in [0.717, 1.165) is 0 Å². The number of hydrogen-bond acceptors (Lipinski definition) is 5. The van der Waals surface area contributed by atoms with Crippen molar-refractivity contribution >= 4 is 15.5 Å². The largest absolute Gasteiger partial charge is 0.396 e. The Kier molecular flexibility index (Phi) is 3.73. The third-order valence-corrected chi connectivity index (χ3v) is 4.23. The molecule has 1 aromatic heterocycles. The van der Waals surface area contributed by atoms with E-state index in [0.29, 0.717) is 0 Å². The van der Waals surface area contributed by atoms with Gasteiger partial charge in [0, 0.05) is 6.20 Å². The molecule has 0 aromatic carbocycles. The second-order valence-corrected chi connectivity index (χ2v) is 6.56. The topological polar surface area (TPSA) is 96.8 Å². The average molecular weight is 253 g/mol. The van der Waals surface area contributed by atoms with E-state index in [4.69, 9.17) is 11.0 Å². The Labute approximate surface area is 101 Å². The summed E-state index contributed by atoms with van der Waals surface area (Å²) < 4.78 is 24.0. The molecule has 0 spiro atoms. The fourth-order valence-electron chi connectivity index (χ4n) is 1.23. The van der Waals surface area contributed by atoms with Gasteiger partial charge in [0.15, 0.2) is 9.84 Å². The van der Waals surface area contributed by atoms with Crippen molar-refractivity contribution in [3.05, 3.63) is 18.5 Å². The highest BCUT2D eigenvalue weighted by Gasteiger charge is 2.23. The van der Waals surface area contributed by atoms with Crippen LogP contribution in [0.5, 0.6) is 0 Å². The molecule has 6 heteroatoms. The lowest BCUT2D eigenvalue weighted by atomic mass is 9.93. The first-order valence-corrected chi connectivity index (χ1v) is 6.77. The summed E-state index contributed by atoms with van der Waals surface area (Å²) in [6.07, 6.45) is 2.97. The van der Waals surface area contributed by atoms with Crippen molar-refractivity contribution in [2.24, 2.45) is 5.41 Å². The number of nitrogens with zero attached hydrogens (tertiary/aromatic N) is 2. The summed E-state index contributed by atoms with van der Waals surface area (Å²) in [5.74, 6) is -0.0955. The number of nitrogens with two attached hydrogens (primary N) is 1. The van der Waals surface area contributed by atoms with Crippen LogP contribution in [0, 0.1) is 16.7 Å². The molecule has 0 saturated carbocycles. The molecular weight excluding hydrogens is 238 g/mol. The molecule has 1 rings (SSSR count). The summed E-state index contributed by atoms with van der Waals surface area (Å²) >= 11 is 0. The summed E-state index contributed by atoms with van der Waals surface area (Å²) in [6.45, 7) is 3.41. The zero-order chi connectivity index (χ0) is 13.1. The van der Waals surface area contributed by atoms with Crippen molar-refractivity contribution in [3.8, 4) is 6.07 Å². The molecule has 0 atom stereocenters. The lowest BCUT2D eigenvalue weighted by Gasteiger charge is -2.15. The predicted molar refractivity (Wildman–Crippen MR) is 64.7 cm³/mol. The van der Waals surface area contributed by atoms with Gasteiger partial charge >= 0.3 is 0 Å². The molecule has 0 aliphatic rings. The van der Waals surface area contributed by atoms with Crippen LogP contribution in [0.3, 0.4) is 0 Å². The summed E-state index contributed by atoms with van der Waals surface area (Å²) in [6, 6.07) is 3.45. The molecule has 0 bridgehead atoms. The quantitative estimate of drug-likeness (QED) is 0.874. The van der Waals surface area contributed by atoms with Crippen molar-refractivity contribution in [1.29, 1.82) is 5.26 Å². The van der Waals surface area contributed by atoms with E-state index >= 15 is 0 Å². The van der Waals surface area contributed by atoms with Gasteiger partial charge in [0.1, 0.15) is 0 Å². The Morgan fingerprint density at radius 2 is 2.18 bits per heavy atom. The minimum absolute atomic E-state index is 0.0845. The summed E-state index contributed by atoms with van der Waals surface area (Å²) in [7, 11) is -3.45. The standard InChI is InChI=1S/C11H15N3O2S/c1-11(2,8-12)4-6-17(15,16)10-3-5-14-7-9(10)13/h3,5,7H,4,6,13H2,1-2H3. The van der Waals surface area contributed by atoms with Gasteiger partial charge in [-0.3, -0.25) is 4.98 Å². The van der Waals surface area contributed by atoms with Gasteiger partial charge < -0.3 is 5.73 Å². The molecule has 2 N–H and O–H groups in total. The zero-order valence-electron chi connectivity index (χ0n) is 9.84. The molecule has 0 fully saturated rings. The number of nitriles is 1. The smallest absolute Gasteiger partial charge is 0.180 e. The van der Waals surface area contributed by atoms with Crippen LogP contribution in [0.1, 0.15) is 20.3 Å². The van der Waals surface area contributed by atoms with Gasteiger partial charge in [0.25, 0.3) is 0 Å². The lowest BCUT2D eigenvalue weighted by molar-refractivity contribution is 0.473. The maximum absolute atomic E-state index is 12.0.